The van der Waals surface area contributed by atoms with Crippen LogP contribution in [0.2, 0.25) is 5.02 Å². The van der Waals surface area contributed by atoms with Gasteiger partial charge in [0, 0.05) is 6.54 Å². The molecule has 2 rings (SSSR count). The number of carboxylic acid groups (broad SMARTS) is 2. The molecular weight excluding hydrogens is 366 g/mol. The van der Waals surface area contributed by atoms with Crippen molar-refractivity contribution >= 4 is 44.9 Å². The van der Waals surface area contributed by atoms with Crippen molar-refractivity contribution < 1.29 is 28.2 Å². The van der Waals surface area contributed by atoms with Crippen molar-refractivity contribution in [2.24, 2.45) is 0 Å². The second kappa shape index (κ2) is 6.67. The molecule has 1 aromatic carbocycles. The Bertz CT molecular complexity index is 874. The number of benzene rings is 1. The number of thiophene rings is 1. The van der Waals surface area contributed by atoms with Crippen LogP contribution in [0.15, 0.2) is 34.5 Å². The first-order valence-corrected chi connectivity index (χ1v) is 8.78. The number of carbonyl (C=O) groups is 2. The molecule has 0 atom stereocenters. The van der Waals surface area contributed by atoms with Gasteiger partial charge >= 0.3 is 11.9 Å². The molecule has 10 heteroatoms. The van der Waals surface area contributed by atoms with Gasteiger partial charge in [0.25, 0.3) is 0 Å². The summed E-state index contributed by atoms with van der Waals surface area (Å²) in [6.45, 7) is -0.203. The summed E-state index contributed by atoms with van der Waals surface area (Å²) < 4.78 is 26.6. The van der Waals surface area contributed by atoms with E-state index in [9.17, 15) is 18.0 Å². The van der Waals surface area contributed by atoms with E-state index in [1.807, 2.05) is 0 Å². The molecule has 0 amide bonds. The van der Waals surface area contributed by atoms with Gasteiger partial charge in [0.2, 0.25) is 10.0 Å². The maximum Gasteiger partial charge on any atom is 0.346 e. The standard InChI is InChI=1S/C13H10ClNO6S2/c14-10-5-8(1-2-9(10)12(16)17)23(20,21)15-6-7-3-4-22-11(7)13(18)19/h1-5,15H,6H2,(H,16,17)(H,18,19). The van der Waals surface area contributed by atoms with Crippen LogP contribution in [0.5, 0.6) is 0 Å². The molecule has 0 aliphatic carbocycles. The van der Waals surface area contributed by atoms with Gasteiger partial charge in [0.15, 0.2) is 0 Å². The molecule has 0 aliphatic heterocycles. The monoisotopic (exact) mass is 375 g/mol. The van der Waals surface area contributed by atoms with E-state index in [0.717, 1.165) is 29.5 Å². The Kier molecular flexibility index (Phi) is 5.05. The lowest BCUT2D eigenvalue weighted by molar-refractivity contribution is 0.0688. The maximum atomic E-state index is 12.2. The number of nitrogens with one attached hydrogen (secondary N) is 1. The van der Waals surface area contributed by atoms with Gasteiger partial charge < -0.3 is 10.2 Å². The molecule has 122 valence electrons. The van der Waals surface area contributed by atoms with Crippen molar-refractivity contribution in [3.63, 3.8) is 0 Å². The van der Waals surface area contributed by atoms with Crippen molar-refractivity contribution in [1.29, 1.82) is 0 Å². The predicted octanol–water partition coefficient (Wildman–Crippen LogP) is 2.28. The van der Waals surface area contributed by atoms with E-state index in [1.165, 1.54) is 6.07 Å². The number of hydrogen-bond acceptors (Lipinski definition) is 5. The van der Waals surface area contributed by atoms with E-state index < -0.39 is 22.0 Å². The van der Waals surface area contributed by atoms with Crippen molar-refractivity contribution in [3.05, 3.63) is 50.7 Å². The minimum atomic E-state index is -3.96. The molecule has 0 aliphatic rings. The summed E-state index contributed by atoms with van der Waals surface area (Å²) in [5.41, 5.74) is 0.121. The Hall–Kier alpha value is -1.94. The molecular formula is C13H10ClNO6S2. The molecule has 2 aromatic rings. The minimum absolute atomic E-state index is 0.0481. The zero-order valence-electron chi connectivity index (χ0n) is 11.3. The third kappa shape index (κ3) is 3.88. The molecule has 1 heterocycles. The SMILES string of the molecule is O=C(O)c1ccc(S(=O)(=O)NCc2ccsc2C(=O)O)cc1Cl. The van der Waals surface area contributed by atoms with Crippen molar-refractivity contribution in [3.8, 4) is 0 Å². The first kappa shape index (κ1) is 17.4. The number of rotatable bonds is 6. The molecule has 1 aromatic heterocycles. The topological polar surface area (TPSA) is 121 Å². The van der Waals surface area contributed by atoms with E-state index in [2.05, 4.69) is 4.72 Å². The first-order chi connectivity index (χ1) is 10.7. The van der Waals surface area contributed by atoms with E-state index in [0.29, 0.717) is 5.56 Å². The van der Waals surface area contributed by atoms with Gasteiger partial charge in [-0.05, 0) is 35.2 Å². The lowest BCUT2D eigenvalue weighted by Gasteiger charge is -2.08. The Morgan fingerprint density at radius 2 is 1.87 bits per heavy atom. The van der Waals surface area contributed by atoms with Crippen molar-refractivity contribution in [2.45, 2.75) is 11.4 Å². The average molecular weight is 376 g/mol. The molecule has 0 unspecified atom stereocenters. The highest BCUT2D eigenvalue weighted by molar-refractivity contribution is 7.89. The maximum absolute atomic E-state index is 12.2. The Morgan fingerprint density at radius 1 is 1.17 bits per heavy atom. The fourth-order valence-electron chi connectivity index (χ4n) is 1.76. The third-order valence-corrected chi connectivity index (χ3v) is 5.53. The summed E-state index contributed by atoms with van der Waals surface area (Å²) in [4.78, 5) is 21.7. The highest BCUT2D eigenvalue weighted by Crippen LogP contribution is 2.22. The Morgan fingerprint density at radius 3 is 2.43 bits per heavy atom. The van der Waals surface area contributed by atoms with E-state index in [4.69, 9.17) is 21.8 Å². The van der Waals surface area contributed by atoms with Gasteiger partial charge in [0.1, 0.15) is 4.88 Å². The van der Waals surface area contributed by atoms with Crippen molar-refractivity contribution in [1.82, 2.24) is 4.72 Å². The number of carboxylic acids is 2. The highest BCUT2D eigenvalue weighted by Gasteiger charge is 2.19. The van der Waals surface area contributed by atoms with E-state index in [-0.39, 0.29) is 26.9 Å². The fraction of sp³-hybridized carbons (Fsp3) is 0.0769. The number of aromatic carboxylic acids is 2. The molecule has 3 N–H and O–H groups in total. The normalized spacial score (nSPS) is 11.3. The summed E-state index contributed by atoms with van der Waals surface area (Å²) in [6.07, 6.45) is 0. The van der Waals surface area contributed by atoms with Gasteiger partial charge in [-0.15, -0.1) is 11.3 Å². The quantitative estimate of drug-likeness (QED) is 0.712. The Labute approximate surface area is 140 Å². The van der Waals surface area contributed by atoms with Gasteiger partial charge in [-0.3, -0.25) is 0 Å². The van der Waals surface area contributed by atoms with Gasteiger partial charge in [-0.2, -0.15) is 0 Å². The molecule has 23 heavy (non-hydrogen) atoms. The fourth-order valence-corrected chi connectivity index (χ4v) is 3.87. The molecule has 0 saturated heterocycles. The minimum Gasteiger partial charge on any atom is -0.478 e. The summed E-state index contributed by atoms with van der Waals surface area (Å²) in [5.74, 6) is -2.40. The summed E-state index contributed by atoms with van der Waals surface area (Å²) in [5, 5.41) is 19.2. The Balaban J connectivity index is 2.22. The van der Waals surface area contributed by atoms with Crippen LogP contribution in [-0.2, 0) is 16.6 Å². The number of sulfonamides is 1. The average Bonchev–Trinajstić information content (AvgIpc) is 2.93. The van der Waals surface area contributed by atoms with Crippen LogP contribution in [0.1, 0.15) is 25.6 Å². The van der Waals surface area contributed by atoms with Crippen LogP contribution >= 0.6 is 22.9 Å². The largest absolute Gasteiger partial charge is 0.478 e. The van der Waals surface area contributed by atoms with E-state index in [1.54, 1.807) is 5.38 Å². The summed E-state index contributed by atoms with van der Waals surface area (Å²) in [7, 11) is -3.96. The molecule has 0 fully saturated rings. The van der Waals surface area contributed by atoms with Crippen LogP contribution in [0.4, 0.5) is 0 Å². The first-order valence-electron chi connectivity index (χ1n) is 6.04. The summed E-state index contributed by atoms with van der Waals surface area (Å²) in [6, 6.07) is 4.74. The third-order valence-electron chi connectivity index (χ3n) is 2.87. The van der Waals surface area contributed by atoms with Crippen LogP contribution < -0.4 is 4.72 Å². The number of hydrogen-bond donors (Lipinski definition) is 3. The molecule has 0 bridgehead atoms. The predicted molar refractivity (Wildman–Crippen MR) is 83.7 cm³/mol. The van der Waals surface area contributed by atoms with Crippen LogP contribution in [-0.4, -0.2) is 30.6 Å². The zero-order valence-corrected chi connectivity index (χ0v) is 13.7. The smallest absolute Gasteiger partial charge is 0.346 e. The lowest BCUT2D eigenvalue weighted by Crippen LogP contribution is -2.24. The van der Waals surface area contributed by atoms with Crippen molar-refractivity contribution in [2.75, 3.05) is 0 Å². The highest BCUT2D eigenvalue weighted by atomic mass is 35.5. The zero-order chi connectivity index (χ0) is 17.2. The van der Waals surface area contributed by atoms with Crippen LogP contribution in [0.25, 0.3) is 0 Å². The molecule has 0 radical (unpaired) electrons. The number of halogens is 1. The molecule has 7 nitrogen and oxygen atoms in total. The van der Waals surface area contributed by atoms with Gasteiger partial charge in [0.05, 0.1) is 15.5 Å². The van der Waals surface area contributed by atoms with E-state index >= 15 is 0 Å². The van der Waals surface area contributed by atoms with Crippen LogP contribution in [0.3, 0.4) is 0 Å². The second-order valence-electron chi connectivity index (χ2n) is 4.35. The van der Waals surface area contributed by atoms with Gasteiger partial charge in [-0.25, -0.2) is 22.7 Å². The second-order valence-corrected chi connectivity index (χ2v) is 7.44. The van der Waals surface area contributed by atoms with Gasteiger partial charge in [-0.1, -0.05) is 11.6 Å². The summed E-state index contributed by atoms with van der Waals surface area (Å²) >= 11 is 6.74. The molecule has 0 spiro atoms. The lowest BCUT2D eigenvalue weighted by atomic mass is 10.2. The molecule has 0 saturated carbocycles. The van der Waals surface area contributed by atoms with Crippen LogP contribution in [0, 0.1) is 0 Å².